The van der Waals surface area contributed by atoms with E-state index in [4.69, 9.17) is 5.11 Å². The average molecular weight is 232 g/mol. The molecule has 1 unspecified atom stereocenters. The van der Waals surface area contributed by atoms with E-state index >= 15 is 0 Å². The van der Waals surface area contributed by atoms with Crippen molar-refractivity contribution in [2.24, 2.45) is 5.92 Å². The second-order valence-electron chi connectivity index (χ2n) is 3.76. The molecular weight excluding hydrogens is 212 g/mol. The van der Waals surface area contributed by atoms with Gasteiger partial charge < -0.3 is 15.2 Å². The van der Waals surface area contributed by atoms with Crippen LogP contribution in [0.1, 0.15) is 13.8 Å². The van der Waals surface area contributed by atoms with E-state index in [1.54, 1.807) is 0 Å². The Bertz CT molecular complexity index is 243. The third-order valence-corrected chi connectivity index (χ3v) is 2.24. The number of hydrogen-bond donors (Lipinski definition) is 3. The fourth-order valence-electron chi connectivity index (χ4n) is 1.28. The van der Waals surface area contributed by atoms with E-state index in [0.717, 1.165) is 0 Å². The van der Waals surface area contributed by atoms with E-state index < -0.39 is 24.7 Å². The van der Waals surface area contributed by atoms with E-state index in [0.29, 0.717) is 0 Å². The summed E-state index contributed by atoms with van der Waals surface area (Å²) in [6.07, 6.45) is 0. The Labute approximate surface area is 95.4 Å². The number of nitrogens with one attached hydrogen (secondary N) is 2. The molecule has 0 aromatic carbocycles. The number of aliphatic hydroxyl groups is 1. The summed E-state index contributed by atoms with van der Waals surface area (Å²) in [7, 11) is 2.75. The summed E-state index contributed by atoms with van der Waals surface area (Å²) in [6.45, 7) is 3.28. The highest BCUT2D eigenvalue weighted by molar-refractivity contribution is 5.83. The molecule has 0 spiro atoms. The molecule has 1 amide bonds. The number of hydrogen-bond acceptors (Lipinski definition) is 5. The molecule has 0 bridgehead atoms. The second-order valence-corrected chi connectivity index (χ2v) is 3.76. The zero-order chi connectivity index (χ0) is 12.7. The Morgan fingerprint density at radius 3 is 2.25 bits per heavy atom. The van der Waals surface area contributed by atoms with Crippen LogP contribution in [0.3, 0.4) is 0 Å². The minimum Gasteiger partial charge on any atom is -0.468 e. The van der Waals surface area contributed by atoms with E-state index in [2.05, 4.69) is 15.4 Å². The Balaban J connectivity index is 4.59. The molecule has 0 aromatic heterocycles. The molecule has 0 aliphatic heterocycles. The van der Waals surface area contributed by atoms with Crippen LogP contribution in [0, 0.1) is 5.92 Å². The highest BCUT2D eigenvalue weighted by atomic mass is 16.5. The lowest BCUT2D eigenvalue weighted by Gasteiger charge is -2.24. The summed E-state index contributed by atoms with van der Waals surface area (Å²) in [5.74, 6) is -0.812. The van der Waals surface area contributed by atoms with Crippen LogP contribution >= 0.6 is 0 Å². The Hall–Kier alpha value is -1.14. The fraction of sp³-hybridized carbons (Fsp3) is 0.800. The molecule has 6 nitrogen and oxygen atoms in total. The van der Waals surface area contributed by atoms with Gasteiger partial charge in [0.2, 0.25) is 5.91 Å². The third-order valence-electron chi connectivity index (χ3n) is 2.24. The van der Waals surface area contributed by atoms with Crippen molar-refractivity contribution in [1.29, 1.82) is 0 Å². The molecule has 2 atom stereocenters. The molecule has 0 aromatic rings. The van der Waals surface area contributed by atoms with E-state index in [9.17, 15) is 9.59 Å². The molecule has 0 fully saturated rings. The molecule has 16 heavy (non-hydrogen) atoms. The van der Waals surface area contributed by atoms with Gasteiger partial charge in [-0.3, -0.25) is 14.9 Å². The highest BCUT2D eigenvalue weighted by Gasteiger charge is 2.27. The summed E-state index contributed by atoms with van der Waals surface area (Å²) >= 11 is 0. The molecule has 0 radical (unpaired) electrons. The smallest absolute Gasteiger partial charge is 0.325 e. The van der Waals surface area contributed by atoms with Gasteiger partial charge in [0.05, 0.1) is 19.8 Å². The van der Waals surface area contributed by atoms with Gasteiger partial charge in [-0.05, 0) is 5.92 Å². The van der Waals surface area contributed by atoms with Gasteiger partial charge in [-0.15, -0.1) is 0 Å². The lowest BCUT2D eigenvalue weighted by molar-refractivity contribution is -0.144. The molecule has 0 aliphatic rings. The zero-order valence-electron chi connectivity index (χ0n) is 10.1. The molecule has 0 heterocycles. The van der Waals surface area contributed by atoms with Crippen molar-refractivity contribution in [3.63, 3.8) is 0 Å². The summed E-state index contributed by atoms with van der Waals surface area (Å²) in [4.78, 5) is 22.7. The Kier molecular flexibility index (Phi) is 6.67. The maximum Gasteiger partial charge on any atom is 0.325 e. The van der Waals surface area contributed by atoms with Crippen molar-refractivity contribution < 1.29 is 19.4 Å². The van der Waals surface area contributed by atoms with Crippen molar-refractivity contribution in [1.82, 2.24) is 10.6 Å². The van der Waals surface area contributed by atoms with Crippen LogP contribution in [0.15, 0.2) is 0 Å². The molecule has 6 heteroatoms. The summed E-state index contributed by atoms with van der Waals surface area (Å²) in [6, 6.07) is -1.42. The Morgan fingerprint density at radius 1 is 1.38 bits per heavy atom. The van der Waals surface area contributed by atoms with Gasteiger partial charge in [0.15, 0.2) is 0 Å². The van der Waals surface area contributed by atoms with E-state index in [1.807, 2.05) is 13.8 Å². The van der Waals surface area contributed by atoms with Gasteiger partial charge in [0.1, 0.15) is 6.04 Å². The monoisotopic (exact) mass is 232 g/mol. The zero-order valence-corrected chi connectivity index (χ0v) is 10.1. The lowest BCUT2D eigenvalue weighted by atomic mass is 10.0. The van der Waals surface area contributed by atoms with Crippen molar-refractivity contribution >= 4 is 11.9 Å². The minimum atomic E-state index is -0.880. The molecule has 3 N–H and O–H groups in total. The van der Waals surface area contributed by atoms with Crippen molar-refractivity contribution in [2.75, 3.05) is 20.8 Å². The predicted molar refractivity (Wildman–Crippen MR) is 58.7 cm³/mol. The number of rotatable bonds is 6. The van der Waals surface area contributed by atoms with Crippen LogP contribution in [-0.2, 0) is 14.3 Å². The lowest BCUT2D eigenvalue weighted by Crippen LogP contribution is -2.54. The molecule has 0 aliphatic carbocycles. The van der Waals surface area contributed by atoms with Crippen LogP contribution in [0.25, 0.3) is 0 Å². The normalized spacial score (nSPS) is 14.4. The van der Waals surface area contributed by atoms with Gasteiger partial charge in [0, 0.05) is 7.05 Å². The number of ether oxygens (including phenoxy) is 1. The topological polar surface area (TPSA) is 87.7 Å². The van der Waals surface area contributed by atoms with Gasteiger partial charge >= 0.3 is 5.97 Å². The number of amides is 1. The van der Waals surface area contributed by atoms with Crippen LogP contribution in [0.2, 0.25) is 0 Å². The minimum absolute atomic E-state index is 0.00124. The van der Waals surface area contributed by atoms with Crippen molar-refractivity contribution in [2.45, 2.75) is 25.9 Å². The quantitative estimate of drug-likeness (QED) is 0.505. The van der Waals surface area contributed by atoms with Crippen molar-refractivity contribution in [3.8, 4) is 0 Å². The van der Waals surface area contributed by atoms with E-state index in [1.165, 1.54) is 14.2 Å². The average Bonchev–Trinajstić information content (AvgIpc) is 2.28. The van der Waals surface area contributed by atoms with Crippen LogP contribution < -0.4 is 10.6 Å². The SMILES string of the molecule is CNC(=O)C(N[C@@H](CO)C(=O)OC)C(C)C. The number of carbonyl (C=O) groups excluding carboxylic acids is 2. The standard InChI is InChI=1S/C10H20N2O4/c1-6(2)8(9(14)11-3)12-7(5-13)10(15)16-4/h6-8,12-13H,5H2,1-4H3,(H,11,14)/t7-,8?/m0/s1. The first-order valence-corrected chi connectivity index (χ1v) is 5.14. The largest absolute Gasteiger partial charge is 0.468 e. The fourth-order valence-corrected chi connectivity index (χ4v) is 1.28. The summed E-state index contributed by atoms with van der Waals surface area (Å²) in [5.41, 5.74) is 0. The van der Waals surface area contributed by atoms with Crippen LogP contribution in [-0.4, -0.2) is 49.8 Å². The first kappa shape index (κ1) is 14.9. The van der Waals surface area contributed by atoms with Crippen LogP contribution in [0.4, 0.5) is 0 Å². The number of likely N-dealkylation sites (N-methyl/N-ethyl adjacent to an activating group) is 1. The second kappa shape index (κ2) is 7.19. The number of esters is 1. The molecule has 0 saturated carbocycles. The van der Waals surface area contributed by atoms with Gasteiger partial charge in [-0.2, -0.15) is 0 Å². The summed E-state index contributed by atoms with van der Waals surface area (Å²) < 4.78 is 4.50. The number of carbonyl (C=O) groups is 2. The van der Waals surface area contributed by atoms with Gasteiger partial charge in [0.25, 0.3) is 0 Å². The molecule has 0 rings (SSSR count). The maximum atomic E-state index is 11.5. The highest BCUT2D eigenvalue weighted by Crippen LogP contribution is 2.03. The first-order chi connectivity index (χ1) is 7.47. The Morgan fingerprint density at radius 2 is 1.94 bits per heavy atom. The predicted octanol–water partition coefficient (Wildman–Crippen LogP) is -1.12. The third kappa shape index (κ3) is 4.16. The van der Waals surface area contributed by atoms with Gasteiger partial charge in [-0.25, -0.2) is 0 Å². The molecule has 0 saturated heterocycles. The maximum absolute atomic E-state index is 11.5. The summed E-state index contributed by atoms with van der Waals surface area (Å²) in [5, 5.41) is 14.3. The van der Waals surface area contributed by atoms with E-state index in [-0.39, 0.29) is 11.8 Å². The van der Waals surface area contributed by atoms with Gasteiger partial charge in [-0.1, -0.05) is 13.8 Å². The van der Waals surface area contributed by atoms with Crippen LogP contribution in [0.5, 0.6) is 0 Å². The first-order valence-electron chi connectivity index (χ1n) is 5.14. The number of methoxy groups -OCH3 is 1. The van der Waals surface area contributed by atoms with Crippen molar-refractivity contribution in [3.05, 3.63) is 0 Å². The number of aliphatic hydroxyl groups excluding tert-OH is 1. The molecule has 94 valence electrons. The molecular formula is C10H20N2O4.